The molecule has 3 aromatic heterocycles. The van der Waals surface area contributed by atoms with Gasteiger partial charge in [0.05, 0.1) is 10.4 Å². The molecule has 29 heavy (non-hydrogen) atoms. The molecule has 0 atom stereocenters. The van der Waals surface area contributed by atoms with Crippen molar-refractivity contribution < 1.29 is 0 Å². The third-order valence-corrected chi connectivity index (χ3v) is 7.75. The number of rotatable bonds is 5. The average Bonchev–Trinajstić information content (AvgIpc) is 3.40. The van der Waals surface area contributed by atoms with Crippen LogP contribution in [0.25, 0.3) is 15.0 Å². The fourth-order valence-corrected chi connectivity index (χ4v) is 5.93. The number of hydrogen-bond donors (Lipinski definition) is 0. The van der Waals surface area contributed by atoms with Gasteiger partial charge in [-0.3, -0.25) is 9.30 Å². The van der Waals surface area contributed by atoms with Crippen molar-refractivity contribution in [1.29, 1.82) is 0 Å². The monoisotopic (exact) mass is 425 g/mol. The Kier molecular flexibility index (Phi) is 5.05. The number of thiazole rings is 1. The second kappa shape index (κ2) is 7.70. The molecule has 0 spiro atoms. The number of aryl methyl sites for hydroxylation is 1. The largest absolute Gasteiger partial charge is 0.353 e. The van der Waals surface area contributed by atoms with Crippen LogP contribution in [0, 0.1) is 6.92 Å². The van der Waals surface area contributed by atoms with Gasteiger partial charge in [-0.05, 0) is 36.5 Å². The molecule has 0 amide bonds. The zero-order chi connectivity index (χ0) is 20.0. The molecule has 1 fully saturated rings. The van der Waals surface area contributed by atoms with E-state index in [-0.39, 0.29) is 0 Å². The highest BCUT2D eigenvalue weighted by atomic mass is 32.1. The number of benzene rings is 1. The van der Waals surface area contributed by atoms with Gasteiger partial charge < -0.3 is 4.90 Å². The molecular formula is C22H27N5S2. The summed E-state index contributed by atoms with van der Waals surface area (Å²) in [7, 11) is 0. The van der Waals surface area contributed by atoms with Gasteiger partial charge in [0, 0.05) is 61.3 Å². The Labute approximate surface area is 179 Å². The van der Waals surface area contributed by atoms with Gasteiger partial charge in [-0.25, -0.2) is 4.98 Å². The van der Waals surface area contributed by atoms with E-state index in [1.54, 1.807) is 11.5 Å². The molecule has 5 nitrogen and oxygen atoms in total. The predicted octanol–water partition coefficient (Wildman–Crippen LogP) is 4.80. The van der Waals surface area contributed by atoms with E-state index in [0.717, 1.165) is 44.1 Å². The Bertz CT molecular complexity index is 1130. The van der Waals surface area contributed by atoms with Crippen molar-refractivity contribution in [3.05, 3.63) is 46.7 Å². The van der Waals surface area contributed by atoms with E-state index in [1.807, 2.05) is 11.3 Å². The summed E-state index contributed by atoms with van der Waals surface area (Å²) in [6.45, 7) is 12.1. The minimum atomic E-state index is 0.477. The van der Waals surface area contributed by atoms with E-state index >= 15 is 0 Å². The Hall–Kier alpha value is -1.96. The molecule has 0 bridgehead atoms. The number of nitrogens with zero attached hydrogens (tertiary/aromatic N) is 5. The molecule has 1 aromatic carbocycles. The first-order valence-electron chi connectivity index (χ1n) is 10.4. The Morgan fingerprint density at radius 3 is 2.69 bits per heavy atom. The van der Waals surface area contributed by atoms with Crippen LogP contribution in [0.15, 0.2) is 30.5 Å². The first-order valence-corrected chi connectivity index (χ1v) is 12.0. The fourth-order valence-electron chi connectivity index (χ4n) is 4.13. The van der Waals surface area contributed by atoms with Crippen molar-refractivity contribution in [2.24, 2.45) is 0 Å². The predicted molar refractivity (Wildman–Crippen MR) is 124 cm³/mol. The van der Waals surface area contributed by atoms with Crippen molar-refractivity contribution in [2.75, 3.05) is 37.6 Å². The minimum Gasteiger partial charge on any atom is -0.353 e. The van der Waals surface area contributed by atoms with Crippen LogP contribution in [0.4, 0.5) is 5.82 Å². The molecule has 4 heterocycles. The van der Waals surface area contributed by atoms with Gasteiger partial charge in [-0.2, -0.15) is 4.37 Å². The molecule has 0 radical (unpaired) electrons. The van der Waals surface area contributed by atoms with Crippen molar-refractivity contribution >= 4 is 43.7 Å². The molecule has 1 aliphatic rings. The van der Waals surface area contributed by atoms with Crippen LogP contribution < -0.4 is 4.90 Å². The summed E-state index contributed by atoms with van der Waals surface area (Å²) < 4.78 is 8.34. The number of piperazine rings is 1. The molecule has 0 N–H and O–H groups in total. The lowest BCUT2D eigenvalue weighted by atomic mass is 10.1. The zero-order valence-corrected chi connectivity index (χ0v) is 18.9. The van der Waals surface area contributed by atoms with E-state index in [9.17, 15) is 0 Å². The second-order valence-electron chi connectivity index (χ2n) is 8.16. The molecule has 152 valence electrons. The first kappa shape index (κ1) is 19.0. The van der Waals surface area contributed by atoms with Gasteiger partial charge >= 0.3 is 0 Å². The lowest BCUT2D eigenvalue weighted by Crippen LogP contribution is -2.47. The van der Waals surface area contributed by atoms with E-state index in [1.165, 1.54) is 32.2 Å². The Morgan fingerprint density at radius 2 is 1.90 bits per heavy atom. The van der Waals surface area contributed by atoms with Gasteiger partial charge in [0.15, 0.2) is 4.96 Å². The molecule has 1 aliphatic heterocycles. The number of hydrogen-bond acceptors (Lipinski definition) is 6. The topological polar surface area (TPSA) is 36.7 Å². The van der Waals surface area contributed by atoms with Crippen LogP contribution in [0.3, 0.4) is 0 Å². The summed E-state index contributed by atoms with van der Waals surface area (Å²) in [5.74, 6) is 1.64. The van der Waals surface area contributed by atoms with E-state index in [4.69, 9.17) is 9.36 Å². The quantitative estimate of drug-likeness (QED) is 0.460. The third kappa shape index (κ3) is 3.56. The van der Waals surface area contributed by atoms with Crippen molar-refractivity contribution in [3.63, 3.8) is 0 Å². The van der Waals surface area contributed by atoms with Crippen molar-refractivity contribution in [1.82, 2.24) is 18.7 Å². The third-order valence-electron chi connectivity index (χ3n) is 5.92. The molecule has 0 saturated carbocycles. The molecule has 7 heteroatoms. The maximum atomic E-state index is 4.81. The van der Waals surface area contributed by atoms with Crippen LogP contribution in [-0.2, 0) is 6.42 Å². The van der Waals surface area contributed by atoms with Crippen LogP contribution in [0.2, 0.25) is 0 Å². The maximum Gasteiger partial charge on any atom is 0.194 e. The van der Waals surface area contributed by atoms with Gasteiger partial charge in [0.25, 0.3) is 0 Å². The summed E-state index contributed by atoms with van der Waals surface area (Å²) in [5, 5.41) is 1.29. The van der Waals surface area contributed by atoms with Crippen molar-refractivity contribution in [2.45, 2.75) is 33.1 Å². The number of aromatic nitrogens is 3. The average molecular weight is 426 g/mol. The molecule has 1 saturated heterocycles. The summed E-state index contributed by atoms with van der Waals surface area (Å²) >= 11 is 3.43. The molecule has 0 unspecified atom stereocenters. The molecule has 4 aromatic rings. The van der Waals surface area contributed by atoms with Gasteiger partial charge in [-0.15, -0.1) is 11.3 Å². The standard InChI is InChI=1S/C22H27N5S2/c1-15(2)18-14-27-19(16(3)28-22(27)23-18)8-9-25-10-12-26(13-11-25)21-17-6-4-5-7-20(17)29-24-21/h4-7,14-15H,8-13H2,1-3H3. The van der Waals surface area contributed by atoms with Crippen LogP contribution in [-0.4, -0.2) is 51.4 Å². The summed E-state index contributed by atoms with van der Waals surface area (Å²) in [6, 6.07) is 8.57. The smallest absolute Gasteiger partial charge is 0.194 e. The lowest BCUT2D eigenvalue weighted by molar-refractivity contribution is 0.260. The summed E-state index contributed by atoms with van der Waals surface area (Å²) in [4.78, 5) is 12.4. The Morgan fingerprint density at radius 1 is 1.10 bits per heavy atom. The van der Waals surface area contributed by atoms with Crippen LogP contribution in [0.5, 0.6) is 0 Å². The van der Waals surface area contributed by atoms with Gasteiger partial charge in [0.1, 0.15) is 5.82 Å². The first-order chi connectivity index (χ1) is 14.1. The minimum absolute atomic E-state index is 0.477. The van der Waals surface area contributed by atoms with Gasteiger partial charge in [-0.1, -0.05) is 26.0 Å². The van der Waals surface area contributed by atoms with Crippen LogP contribution >= 0.6 is 22.9 Å². The summed E-state index contributed by atoms with van der Waals surface area (Å²) in [6.07, 6.45) is 3.32. The molecular weight excluding hydrogens is 398 g/mol. The van der Waals surface area contributed by atoms with Gasteiger partial charge in [0.2, 0.25) is 0 Å². The van der Waals surface area contributed by atoms with E-state index in [2.05, 4.69) is 65.4 Å². The maximum absolute atomic E-state index is 4.81. The van der Waals surface area contributed by atoms with E-state index < -0.39 is 0 Å². The number of anilines is 1. The highest BCUT2D eigenvalue weighted by Gasteiger charge is 2.21. The molecule has 0 aliphatic carbocycles. The SMILES string of the molecule is Cc1sc2nc(C(C)C)cn2c1CCN1CCN(c2nsc3ccccc23)CC1. The highest BCUT2D eigenvalue weighted by molar-refractivity contribution is 7.17. The number of imidazole rings is 1. The van der Waals surface area contributed by atoms with Crippen LogP contribution in [0.1, 0.15) is 36.0 Å². The second-order valence-corrected chi connectivity index (χ2v) is 10.1. The summed E-state index contributed by atoms with van der Waals surface area (Å²) in [5.41, 5.74) is 2.62. The Balaban J connectivity index is 1.23. The fraction of sp³-hybridized carbons (Fsp3) is 0.455. The lowest BCUT2D eigenvalue weighted by Gasteiger charge is -2.35. The van der Waals surface area contributed by atoms with Crippen molar-refractivity contribution in [3.8, 4) is 0 Å². The zero-order valence-electron chi connectivity index (χ0n) is 17.3. The molecule has 5 rings (SSSR count). The number of fused-ring (bicyclic) bond motifs is 2. The van der Waals surface area contributed by atoms with E-state index in [0.29, 0.717) is 5.92 Å². The highest BCUT2D eigenvalue weighted by Crippen LogP contribution is 2.30. The normalized spacial score (nSPS) is 15.9.